The van der Waals surface area contributed by atoms with E-state index in [2.05, 4.69) is 31.6 Å². The summed E-state index contributed by atoms with van der Waals surface area (Å²) in [6.45, 7) is 24.5. The smallest absolute Gasteiger partial charge is 0.360 e. The molecule has 3 heterocycles. The van der Waals surface area contributed by atoms with E-state index in [9.17, 15) is 23.7 Å². The van der Waals surface area contributed by atoms with E-state index >= 15 is 4.79 Å². The number of carbonyl (C=O) groups excluding carboxylic acids is 5. The number of nitrogens with zero attached hydrogens (tertiary/aromatic N) is 3. The van der Waals surface area contributed by atoms with Crippen LogP contribution in [-0.2, 0) is 42.1 Å². The quantitative estimate of drug-likeness (QED) is 0.0937. The Morgan fingerprint density at radius 2 is 1.60 bits per heavy atom. The SMILES string of the molecule is CCCC(C[C@H](NC(=O)[C@@H](NC(=O)[C@@H](NC1=NCC(=O)N2CC[C@@H](C)[C@H]2C(=O)N[C@@H](C(C)C)C(=O)N[C@H]1C(C)(C)C)C(C)(C)C)C(C)c1ccccc1)c1nccs1)OP(=O)(OCC)OCC. The molecule has 0 spiro atoms. The predicted octanol–water partition coefficient (Wildman–Crippen LogP) is 6.67. The highest BCUT2D eigenvalue weighted by Gasteiger charge is 2.44. The molecule has 0 saturated carbocycles. The van der Waals surface area contributed by atoms with Crippen LogP contribution >= 0.6 is 19.2 Å². The minimum Gasteiger partial charge on any atom is -0.360 e. The van der Waals surface area contributed by atoms with E-state index in [1.165, 1.54) is 11.3 Å². The summed E-state index contributed by atoms with van der Waals surface area (Å²) in [6, 6.07) is 3.97. The first kappa shape index (κ1) is 55.4. The molecule has 1 aromatic heterocycles. The van der Waals surface area contributed by atoms with E-state index < -0.39 is 84.6 Å². The molecule has 1 aromatic carbocycles. The zero-order valence-corrected chi connectivity index (χ0v) is 43.6. The molecule has 9 atom stereocenters. The fraction of sp³-hybridized carbons (Fsp3) is 0.688. The van der Waals surface area contributed by atoms with Crippen molar-refractivity contribution < 1.29 is 42.1 Å². The van der Waals surface area contributed by atoms with E-state index in [1.807, 2.05) is 106 Å². The van der Waals surface area contributed by atoms with E-state index in [1.54, 1.807) is 30.3 Å². The Morgan fingerprint density at radius 3 is 2.15 bits per heavy atom. The zero-order valence-electron chi connectivity index (χ0n) is 41.8. The summed E-state index contributed by atoms with van der Waals surface area (Å²) < 4.78 is 30.6. The van der Waals surface area contributed by atoms with Gasteiger partial charge in [0, 0.05) is 30.5 Å². The second kappa shape index (κ2) is 24.4. The highest BCUT2D eigenvalue weighted by Crippen LogP contribution is 2.51. The van der Waals surface area contributed by atoms with Crippen molar-refractivity contribution in [3.63, 3.8) is 0 Å². The molecule has 5 amide bonds. The van der Waals surface area contributed by atoms with Crippen molar-refractivity contribution in [1.29, 1.82) is 0 Å². The summed E-state index contributed by atoms with van der Waals surface area (Å²) in [5.74, 6) is -2.93. The fourth-order valence-electron chi connectivity index (χ4n) is 8.50. The second-order valence-corrected chi connectivity index (χ2v) is 22.7. The summed E-state index contributed by atoms with van der Waals surface area (Å²) in [7, 11) is -3.93. The van der Waals surface area contributed by atoms with Crippen molar-refractivity contribution in [3.05, 3.63) is 52.5 Å². The summed E-state index contributed by atoms with van der Waals surface area (Å²) in [5, 5.41) is 18.1. The second-order valence-electron chi connectivity index (χ2n) is 20.1. The molecule has 67 heavy (non-hydrogen) atoms. The maximum atomic E-state index is 15.1. The number of benzene rings is 1. The Morgan fingerprint density at radius 1 is 0.940 bits per heavy atom. The Kier molecular flexibility index (Phi) is 20.1. The first-order chi connectivity index (χ1) is 31.4. The third-order valence-electron chi connectivity index (χ3n) is 12.2. The van der Waals surface area contributed by atoms with Gasteiger partial charge in [0.25, 0.3) is 0 Å². The average Bonchev–Trinajstić information content (AvgIpc) is 3.93. The van der Waals surface area contributed by atoms with Gasteiger partial charge < -0.3 is 31.5 Å². The Labute approximate surface area is 402 Å². The number of thiazole rings is 1. The van der Waals surface area contributed by atoms with Crippen molar-refractivity contribution >= 4 is 54.5 Å². The van der Waals surface area contributed by atoms with E-state index in [-0.39, 0.29) is 55.7 Å². The van der Waals surface area contributed by atoms with Gasteiger partial charge in [-0.1, -0.05) is 113 Å². The van der Waals surface area contributed by atoms with Gasteiger partial charge in [-0.15, -0.1) is 11.3 Å². The van der Waals surface area contributed by atoms with E-state index in [0.29, 0.717) is 30.8 Å². The highest BCUT2D eigenvalue weighted by atomic mass is 32.1. The van der Waals surface area contributed by atoms with Crippen LogP contribution in [0.15, 0.2) is 46.9 Å². The van der Waals surface area contributed by atoms with Crippen LogP contribution in [-0.4, -0.2) is 108 Å². The summed E-state index contributed by atoms with van der Waals surface area (Å²) in [6.07, 6.45) is 2.95. The molecular formula is C48H77N8O9PS. The van der Waals surface area contributed by atoms with Crippen LogP contribution in [0.3, 0.4) is 0 Å². The Hall–Kier alpha value is -4.22. The largest absolute Gasteiger partial charge is 0.475 e. The lowest BCUT2D eigenvalue weighted by Crippen LogP contribution is -2.65. The van der Waals surface area contributed by atoms with Crippen LogP contribution in [0.5, 0.6) is 0 Å². The molecule has 2 aromatic rings. The minimum atomic E-state index is -3.93. The summed E-state index contributed by atoms with van der Waals surface area (Å²) >= 11 is 1.35. The standard InChI is InChI=1S/C48H77N8O9PS/c1-14-20-33(65-66(62,63-15-2)64-16-3)27-34(46-49-24-26-67-46)51-43(59)37(31(7)32-21-18-17-19-22-32)53-45(61)40(48(11,12)13)54-41-39(47(8,9)10)55-42(58)36(29(4)5)52-44(60)38-30(6)23-25-56(38)35(57)28-50-41/h17-19,21-22,24,26,29-31,33-34,36-40H,14-16,20,23,25,27-28H2,1-13H3,(H,50,54)(H,51,59)(H,52,60)(H,53,61)(H,55,58)/t30-,31?,33?,34+,36+,37+,38+,39-,40-/m1/s1. The number of amidine groups is 1. The van der Waals surface area contributed by atoms with E-state index in [0.717, 1.165) is 5.56 Å². The molecule has 2 unspecified atom stereocenters. The zero-order chi connectivity index (χ0) is 49.9. The monoisotopic (exact) mass is 973 g/mol. The van der Waals surface area contributed by atoms with Gasteiger partial charge in [-0.05, 0) is 54.9 Å². The molecule has 4 rings (SSSR count). The third kappa shape index (κ3) is 15.1. The average molecular weight is 973 g/mol. The van der Waals surface area contributed by atoms with Crippen LogP contribution in [0, 0.1) is 22.7 Å². The summed E-state index contributed by atoms with van der Waals surface area (Å²) in [4.78, 5) is 82.9. The number of aromatic nitrogens is 1. The Balaban J connectivity index is 1.76. The predicted molar refractivity (Wildman–Crippen MR) is 261 cm³/mol. The van der Waals surface area contributed by atoms with Gasteiger partial charge in [0.15, 0.2) is 0 Å². The van der Waals surface area contributed by atoms with Crippen molar-refractivity contribution in [2.75, 3.05) is 26.3 Å². The third-order valence-corrected chi connectivity index (χ3v) is 14.8. The molecule has 1 saturated heterocycles. The van der Waals surface area contributed by atoms with Crippen molar-refractivity contribution in [3.8, 4) is 0 Å². The van der Waals surface area contributed by atoms with Gasteiger partial charge in [0.05, 0.1) is 31.4 Å². The number of rotatable bonds is 19. The number of amides is 5. The molecule has 2 aliphatic rings. The van der Waals surface area contributed by atoms with Crippen molar-refractivity contribution in [2.45, 2.75) is 164 Å². The molecular weight excluding hydrogens is 896 g/mol. The lowest BCUT2D eigenvalue weighted by atomic mass is 9.82. The highest BCUT2D eigenvalue weighted by molar-refractivity contribution is 7.48. The number of fused-ring (bicyclic) bond motifs is 1. The molecule has 2 aliphatic heterocycles. The van der Waals surface area contributed by atoms with Gasteiger partial charge in [-0.2, -0.15) is 0 Å². The van der Waals surface area contributed by atoms with Gasteiger partial charge >= 0.3 is 7.82 Å². The number of carbonyl (C=O) groups is 5. The van der Waals surface area contributed by atoms with E-state index in [4.69, 9.17) is 18.6 Å². The molecule has 1 fully saturated rings. The van der Waals surface area contributed by atoms with Crippen LogP contribution < -0.4 is 26.6 Å². The Bertz CT molecular complexity index is 2030. The molecule has 5 N–H and O–H groups in total. The number of hydrogen-bond donors (Lipinski definition) is 5. The lowest BCUT2D eigenvalue weighted by molar-refractivity contribution is -0.140. The maximum Gasteiger partial charge on any atom is 0.475 e. The molecule has 374 valence electrons. The van der Waals surface area contributed by atoms with Crippen molar-refractivity contribution in [1.82, 2.24) is 36.5 Å². The number of phosphoric ester groups is 1. The molecule has 0 bridgehead atoms. The van der Waals surface area contributed by atoms with Crippen LogP contribution in [0.25, 0.3) is 0 Å². The van der Waals surface area contributed by atoms with Crippen LogP contribution in [0.1, 0.15) is 138 Å². The molecule has 19 heteroatoms. The van der Waals surface area contributed by atoms with Gasteiger partial charge in [0.2, 0.25) is 29.5 Å². The van der Waals surface area contributed by atoms with Crippen LogP contribution in [0.4, 0.5) is 0 Å². The van der Waals surface area contributed by atoms with Gasteiger partial charge in [-0.3, -0.25) is 42.5 Å². The number of hydrogen-bond acceptors (Lipinski definition) is 13. The molecule has 17 nitrogen and oxygen atoms in total. The first-order valence-electron chi connectivity index (χ1n) is 23.8. The molecule has 0 aliphatic carbocycles. The lowest BCUT2D eigenvalue weighted by Gasteiger charge is -2.39. The normalized spacial score (nSPS) is 22.2. The number of nitrogens with one attached hydrogen (secondary N) is 5. The van der Waals surface area contributed by atoms with Crippen LogP contribution in [0.2, 0.25) is 0 Å². The topological polar surface area (TPSA) is 219 Å². The number of phosphoric acid groups is 1. The minimum absolute atomic E-state index is 0.111. The maximum absolute atomic E-state index is 15.1. The number of aliphatic imine (C=N–C) groups is 1. The first-order valence-corrected chi connectivity index (χ1v) is 26.1. The van der Waals surface area contributed by atoms with Gasteiger partial charge in [-0.25, -0.2) is 9.55 Å². The van der Waals surface area contributed by atoms with Crippen molar-refractivity contribution in [2.24, 2.45) is 27.7 Å². The molecule has 0 radical (unpaired) electrons. The fourth-order valence-corrected chi connectivity index (χ4v) is 10.6. The van der Waals surface area contributed by atoms with Gasteiger partial charge in [0.1, 0.15) is 41.6 Å². The summed E-state index contributed by atoms with van der Waals surface area (Å²) in [5.41, 5.74) is -0.733.